The van der Waals surface area contributed by atoms with Crippen molar-refractivity contribution in [3.05, 3.63) is 87.8 Å². The second-order valence-corrected chi connectivity index (χ2v) is 7.60. The van der Waals surface area contributed by atoms with Crippen LogP contribution < -0.4 is 10.9 Å². The summed E-state index contributed by atoms with van der Waals surface area (Å²) in [4.78, 5) is 29.7. The van der Waals surface area contributed by atoms with Crippen LogP contribution in [0.5, 0.6) is 0 Å². The second-order valence-electron chi connectivity index (χ2n) is 7.20. The van der Waals surface area contributed by atoms with E-state index in [4.69, 9.17) is 11.6 Å². The second kappa shape index (κ2) is 7.69. The van der Waals surface area contributed by atoms with Gasteiger partial charge in [0.2, 0.25) is 0 Å². The van der Waals surface area contributed by atoms with Gasteiger partial charge in [0.25, 0.3) is 5.56 Å². The van der Waals surface area contributed by atoms with Gasteiger partial charge in [-0.15, -0.1) is 0 Å². The molecule has 0 aliphatic carbocycles. The van der Waals surface area contributed by atoms with Crippen molar-refractivity contribution in [3.63, 3.8) is 0 Å². The number of pyridine rings is 1. The van der Waals surface area contributed by atoms with Gasteiger partial charge in [0.15, 0.2) is 5.82 Å². The van der Waals surface area contributed by atoms with E-state index in [1.54, 1.807) is 43.7 Å². The average molecular weight is 453 g/mol. The summed E-state index contributed by atoms with van der Waals surface area (Å²) in [5.74, 6) is -0.945. The van der Waals surface area contributed by atoms with Gasteiger partial charge in [-0.3, -0.25) is 9.36 Å². The van der Waals surface area contributed by atoms with Crippen LogP contribution in [0, 0.1) is 11.6 Å². The highest BCUT2D eigenvalue weighted by atomic mass is 35.5. The minimum absolute atomic E-state index is 0.00333. The molecule has 0 saturated heterocycles. The van der Waals surface area contributed by atoms with Gasteiger partial charge in [-0.25, -0.2) is 23.7 Å². The summed E-state index contributed by atoms with van der Waals surface area (Å²) < 4.78 is 29.2. The van der Waals surface area contributed by atoms with Crippen LogP contribution in [0.15, 0.2) is 59.8 Å². The minimum Gasteiger partial charge on any atom is -0.359 e. The molecule has 0 amide bonds. The number of aromatic amines is 1. The number of anilines is 1. The highest BCUT2D eigenvalue weighted by Crippen LogP contribution is 2.26. The first-order chi connectivity index (χ1) is 15.4. The van der Waals surface area contributed by atoms with Gasteiger partial charge in [-0.1, -0.05) is 17.7 Å². The Bertz CT molecular complexity index is 1530. The molecule has 0 radical (unpaired) electrons. The van der Waals surface area contributed by atoms with Gasteiger partial charge in [-0.2, -0.15) is 0 Å². The fraction of sp³-hybridized carbons (Fsp3) is 0.0909. The summed E-state index contributed by atoms with van der Waals surface area (Å²) in [6.07, 6.45) is 3.15. The Morgan fingerprint density at radius 2 is 1.91 bits per heavy atom. The van der Waals surface area contributed by atoms with Crippen molar-refractivity contribution in [2.45, 2.75) is 13.0 Å². The number of fused-ring (bicyclic) bond motifs is 2. The van der Waals surface area contributed by atoms with Crippen LogP contribution in [0.3, 0.4) is 0 Å². The average Bonchev–Trinajstić information content (AvgIpc) is 3.22. The predicted octanol–water partition coefficient (Wildman–Crippen LogP) is 4.76. The van der Waals surface area contributed by atoms with Crippen LogP contribution in [0.25, 0.3) is 27.6 Å². The molecule has 0 saturated carbocycles. The van der Waals surface area contributed by atoms with Gasteiger partial charge in [0.05, 0.1) is 39.5 Å². The highest BCUT2D eigenvalue weighted by molar-refractivity contribution is 6.35. The lowest BCUT2D eigenvalue weighted by Gasteiger charge is -2.20. The SMILES string of the molecule is CC(Nc1nccc2[nH]cnc12)c1nc2cccc(Cl)c2c(=O)n1-c1cc(F)cc(F)c1. The molecule has 160 valence electrons. The molecule has 0 aliphatic rings. The maximum Gasteiger partial charge on any atom is 0.267 e. The van der Waals surface area contributed by atoms with E-state index in [1.807, 2.05) is 0 Å². The van der Waals surface area contributed by atoms with Crippen molar-refractivity contribution >= 4 is 39.4 Å². The lowest BCUT2D eigenvalue weighted by atomic mass is 10.2. The third kappa shape index (κ3) is 3.36. The number of imidazole rings is 1. The van der Waals surface area contributed by atoms with E-state index in [2.05, 4.69) is 25.3 Å². The van der Waals surface area contributed by atoms with Gasteiger partial charge in [0.1, 0.15) is 23.0 Å². The molecule has 0 fully saturated rings. The first kappa shape index (κ1) is 20.1. The van der Waals surface area contributed by atoms with Crippen molar-refractivity contribution in [1.82, 2.24) is 24.5 Å². The van der Waals surface area contributed by atoms with E-state index in [9.17, 15) is 13.6 Å². The molecule has 0 aliphatic heterocycles. The molecule has 3 heterocycles. The fourth-order valence-corrected chi connectivity index (χ4v) is 3.91. The van der Waals surface area contributed by atoms with Crippen LogP contribution in [-0.4, -0.2) is 24.5 Å². The predicted molar refractivity (Wildman–Crippen MR) is 118 cm³/mol. The molecular formula is C22H15ClF2N6O. The lowest BCUT2D eigenvalue weighted by Crippen LogP contribution is -2.28. The maximum absolute atomic E-state index is 14.0. The Labute approximate surface area is 184 Å². The molecule has 2 aromatic carbocycles. The summed E-state index contributed by atoms with van der Waals surface area (Å²) in [5.41, 5.74) is 1.20. The van der Waals surface area contributed by atoms with Crippen molar-refractivity contribution in [1.29, 1.82) is 0 Å². The molecule has 32 heavy (non-hydrogen) atoms. The van der Waals surface area contributed by atoms with Gasteiger partial charge in [0, 0.05) is 12.3 Å². The van der Waals surface area contributed by atoms with E-state index in [0.717, 1.165) is 28.3 Å². The Morgan fingerprint density at radius 3 is 2.69 bits per heavy atom. The first-order valence-corrected chi connectivity index (χ1v) is 10.0. The number of nitrogens with one attached hydrogen (secondary N) is 2. The van der Waals surface area contributed by atoms with Crippen molar-refractivity contribution in [2.24, 2.45) is 0 Å². The third-order valence-electron chi connectivity index (χ3n) is 5.06. The minimum atomic E-state index is -0.819. The van der Waals surface area contributed by atoms with Crippen LogP contribution in [0.2, 0.25) is 5.02 Å². The number of H-pyrrole nitrogens is 1. The first-order valence-electron chi connectivity index (χ1n) is 9.64. The Hall–Kier alpha value is -3.85. The summed E-state index contributed by atoms with van der Waals surface area (Å²) >= 11 is 6.26. The van der Waals surface area contributed by atoms with Crippen LogP contribution in [-0.2, 0) is 0 Å². The Kier molecular flexibility index (Phi) is 4.82. The molecule has 2 N–H and O–H groups in total. The van der Waals surface area contributed by atoms with Crippen LogP contribution in [0.4, 0.5) is 14.6 Å². The highest BCUT2D eigenvalue weighted by Gasteiger charge is 2.21. The number of hydrogen-bond donors (Lipinski definition) is 2. The van der Waals surface area contributed by atoms with Crippen LogP contribution in [0.1, 0.15) is 18.8 Å². The van der Waals surface area contributed by atoms with Gasteiger partial charge >= 0.3 is 0 Å². The summed E-state index contributed by atoms with van der Waals surface area (Å²) in [7, 11) is 0. The van der Waals surface area contributed by atoms with E-state index in [0.29, 0.717) is 16.9 Å². The Balaban J connectivity index is 1.74. The standard InChI is InChI=1S/C22H15ClF2N6O/c1-11(29-20-19-17(5-6-26-20)27-10-28-19)21-30-16-4-2-3-15(23)18(16)22(32)31(21)14-8-12(24)7-13(25)9-14/h2-11H,1H3,(H,26,29)(H,27,28). The number of aromatic nitrogens is 5. The molecule has 0 spiro atoms. The molecule has 0 bridgehead atoms. The molecule has 1 atom stereocenters. The van der Waals surface area contributed by atoms with Crippen LogP contribution >= 0.6 is 11.6 Å². The molecule has 3 aromatic heterocycles. The zero-order valence-electron chi connectivity index (χ0n) is 16.6. The van der Waals surface area contributed by atoms with Crippen molar-refractivity contribution < 1.29 is 8.78 Å². The van der Waals surface area contributed by atoms with E-state index in [-0.39, 0.29) is 21.9 Å². The summed E-state index contributed by atoms with van der Waals surface area (Å²) in [6, 6.07) is 8.95. The van der Waals surface area contributed by atoms with Crippen molar-refractivity contribution in [2.75, 3.05) is 5.32 Å². The molecule has 5 aromatic rings. The van der Waals surface area contributed by atoms with E-state index in [1.165, 1.54) is 0 Å². The van der Waals surface area contributed by atoms with Crippen molar-refractivity contribution in [3.8, 4) is 5.69 Å². The van der Waals surface area contributed by atoms with E-state index < -0.39 is 23.2 Å². The van der Waals surface area contributed by atoms with E-state index >= 15 is 0 Å². The lowest BCUT2D eigenvalue weighted by molar-refractivity contribution is 0.579. The Morgan fingerprint density at radius 1 is 1.12 bits per heavy atom. The molecular weight excluding hydrogens is 438 g/mol. The van der Waals surface area contributed by atoms with Gasteiger partial charge < -0.3 is 10.3 Å². The number of benzene rings is 2. The number of nitrogens with zero attached hydrogens (tertiary/aromatic N) is 4. The number of halogens is 3. The van der Waals surface area contributed by atoms with Gasteiger partial charge in [-0.05, 0) is 37.3 Å². The molecule has 5 rings (SSSR count). The zero-order chi connectivity index (χ0) is 22.4. The number of hydrogen-bond acceptors (Lipinski definition) is 5. The zero-order valence-corrected chi connectivity index (χ0v) is 17.4. The number of rotatable bonds is 4. The maximum atomic E-state index is 14.0. The largest absolute Gasteiger partial charge is 0.359 e. The third-order valence-corrected chi connectivity index (χ3v) is 5.37. The smallest absolute Gasteiger partial charge is 0.267 e. The molecule has 10 heteroatoms. The normalized spacial score (nSPS) is 12.4. The summed E-state index contributed by atoms with van der Waals surface area (Å²) in [5, 5.41) is 3.55. The topological polar surface area (TPSA) is 88.5 Å². The fourth-order valence-electron chi connectivity index (χ4n) is 3.66. The molecule has 7 nitrogen and oxygen atoms in total. The quantitative estimate of drug-likeness (QED) is 0.410. The molecule has 1 unspecified atom stereocenters. The monoisotopic (exact) mass is 452 g/mol. The summed E-state index contributed by atoms with van der Waals surface area (Å²) in [6.45, 7) is 1.76.